The number of halogens is 2. The van der Waals surface area contributed by atoms with Crippen molar-refractivity contribution in [2.45, 2.75) is 12.3 Å². The first-order valence-corrected chi connectivity index (χ1v) is 4.84. The molecule has 1 aromatic rings. The monoisotopic (exact) mass is 241 g/mol. The van der Waals surface area contributed by atoms with Crippen molar-refractivity contribution in [2.75, 3.05) is 0 Å². The van der Waals surface area contributed by atoms with Crippen LogP contribution in [0.25, 0.3) is 0 Å². The third-order valence-electron chi connectivity index (χ3n) is 2.30. The first-order chi connectivity index (χ1) is 6.22. The normalized spacial score (nSPS) is 25.7. The van der Waals surface area contributed by atoms with Crippen molar-refractivity contribution in [3.63, 3.8) is 0 Å². The van der Waals surface area contributed by atoms with Gasteiger partial charge in [-0.15, -0.1) is 0 Å². The molecule has 0 amide bonds. The minimum atomic E-state index is -0.239. The summed E-state index contributed by atoms with van der Waals surface area (Å²) >= 11 is 3.18. The number of carbonyl (C=O) groups excluding carboxylic acids is 1. The smallest absolute Gasteiger partial charge is 0.202 e. The predicted molar refractivity (Wildman–Crippen MR) is 50.6 cm³/mol. The van der Waals surface area contributed by atoms with Crippen molar-refractivity contribution in [2.24, 2.45) is 5.92 Å². The van der Waals surface area contributed by atoms with Gasteiger partial charge in [0, 0.05) is 10.4 Å². The van der Waals surface area contributed by atoms with E-state index in [0.29, 0.717) is 5.56 Å². The van der Waals surface area contributed by atoms with Crippen molar-refractivity contribution in [3.05, 3.63) is 34.1 Å². The standard InChI is InChI=1S/C10H7BrFO/c11-7-1-2-8(10(12)4-7)9-3-6(9)5-13/h1-2,4,6,9H,3H2. The number of benzene rings is 1. The van der Waals surface area contributed by atoms with Gasteiger partial charge in [-0.1, -0.05) is 22.0 Å². The van der Waals surface area contributed by atoms with Crippen molar-refractivity contribution in [3.8, 4) is 0 Å². The van der Waals surface area contributed by atoms with Crippen LogP contribution < -0.4 is 0 Å². The molecule has 1 fully saturated rings. The molecule has 2 rings (SSSR count). The van der Waals surface area contributed by atoms with Gasteiger partial charge in [0.05, 0.1) is 0 Å². The molecule has 1 aliphatic rings. The van der Waals surface area contributed by atoms with Gasteiger partial charge in [0.2, 0.25) is 6.29 Å². The Labute approximate surface area is 84.1 Å². The Kier molecular flexibility index (Phi) is 2.20. The summed E-state index contributed by atoms with van der Waals surface area (Å²) in [5.74, 6) is -0.265. The fourth-order valence-corrected chi connectivity index (χ4v) is 1.80. The first kappa shape index (κ1) is 8.88. The van der Waals surface area contributed by atoms with Gasteiger partial charge in [-0.2, -0.15) is 0 Å². The van der Waals surface area contributed by atoms with Crippen LogP contribution in [0.15, 0.2) is 22.7 Å². The molecule has 0 heterocycles. The molecule has 1 aromatic carbocycles. The number of rotatable bonds is 2. The lowest BCUT2D eigenvalue weighted by molar-refractivity contribution is 0.547. The van der Waals surface area contributed by atoms with Gasteiger partial charge in [-0.3, -0.25) is 4.79 Å². The van der Waals surface area contributed by atoms with E-state index >= 15 is 0 Å². The predicted octanol–water partition coefficient (Wildman–Crippen LogP) is 2.80. The highest BCUT2D eigenvalue weighted by Crippen LogP contribution is 2.46. The quantitative estimate of drug-likeness (QED) is 0.779. The number of hydrogen-bond acceptors (Lipinski definition) is 1. The summed E-state index contributed by atoms with van der Waals surface area (Å²) in [4.78, 5) is 10.3. The van der Waals surface area contributed by atoms with Crippen molar-refractivity contribution >= 4 is 22.2 Å². The molecule has 0 N–H and O–H groups in total. The van der Waals surface area contributed by atoms with Gasteiger partial charge >= 0.3 is 0 Å². The highest BCUT2D eigenvalue weighted by Gasteiger charge is 2.40. The zero-order valence-corrected chi connectivity index (χ0v) is 8.34. The molecule has 0 aliphatic heterocycles. The molecule has 1 nitrogen and oxygen atoms in total. The molecule has 0 bridgehead atoms. The molecule has 0 saturated heterocycles. The van der Waals surface area contributed by atoms with E-state index in [0.717, 1.165) is 10.9 Å². The van der Waals surface area contributed by atoms with Crippen LogP contribution in [0.2, 0.25) is 0 Å². The van der Waals surface area contributed by atoms with E-state index < -0.39 is 0 Å². The zero-order valence-electron chi connectivity index (χ0n) is 6.76. The second-order valence-corrected chi connectivity index (χ2v) is 4.15. The van der Waals surface area contributed by atoms with Crippen LogP contribution in [0.3, 0.4) is 0 Å². The molecule has 1 radical (unpaired) electrons. The zero-order chi connectivity index (χ0) is 9.42. The summed E-state index contributed by atoms with van der Waals surface area (Å²) in [7, 11) is 0. The minimum absolute atomic E-state index is 0.0607. The minimum Gasteiger partial charge on any atom is -0.291 e. The molecular weight excluding hydrogens is 235 g/mol. The third-order valence-corrected chi connectivity index (χ3v) is 2.80. The summed E-state index contributed by atoms with van der Waals surface area (Å²) in [5, 5.41) is 0. The second-order valence-electron chi connectivity index (χ2n) is 3.23. The molecule has 13 heavy (non-hydrogen) atoms. The van der Waals surface area contributed by atoms with Gasteiger partial charge in [0.15, 0.2) is 0 Å². The van der Waals surface area contributed by atoms with Gasteiger partial charge in [0.25, 0.3) is 0 Å². The van der Waals surface area contributed by atoms with Crippen LogP contribution >= 0.6 is 15.9 Å². The maximum atomic E-state index is 13.3. The van der Waals surface area contributed by atoms with Gasteiger partial charge < -0.3 is 0 Å². The van der Waals surface area contributed by atoms with Crippen LogP contribution in [-0.2, 0) is 4.79 Å². The Bertz CT molecular complexity index is 351. The Hall–Kier alpha value is -0.700. The van der Waals surface area contributed by atoms with E-state index in [1.807, 2.05) is 6.29 Å². The summed E-state index contributed by atoms with van der Waals surface area (Å²) in [5.41, 5.74) is 0.636. The SMILES string of the molecule is O=[C]C1CC1c1ccc(Br)cc1F. The van der Waals surface area contributed by atoms with Crippen molar-refractivity contribution in [1.82, 2.24) is 0 Å². The highest BCUT2D eigenvalue weighted by atomic mass is 79.9. The Morgan fingerprint density at radius 3 is 2.85 bits per heavy atom. The van der Waals surface area contributed by atoms with E-state index in [1.54, 1.807) is 12.1 Å². The largest absolute Gasteiger partial charge is 0.291 e. The Morgan fingerprint density at radius 2 is 2.31 bits per heavy atom. The molecule has 3 heteroatoms. The lowest BCUT2D eigenvalue weighted by Gasteiger charge is -2.00. The van der Waals surface area contributed by atoms with Gasteiger partial charge in [-0.25, -0.2) is 4.39 Å². The van der Waals surface area contributed by atoms with E-state index in [-0.39, 0.29) is 17.7 Å². The molecule has 0 spiro atoms. The Balaban J connectivity index is 2.27. The van der Waals surface area contributed by atoms with Crippen LogP contribution in [0.5, 0.6) is 0 Å². The van der Waals surface area contributed by atoms with E-state index in [2.05, 4.69) is 15.9 Å². The van der Waals surface area contributed by atoms with E-state index in [4.69, 9.17) is 0 Å². The summed E-state index contributed by atoms with van der Waals surface area (Å²) in [6, 6.07) is 4.94. The van der Waals surface area contributed by atoms with Crippen LogP contribution in [0, 0.1) is 11.7 Å². The number of hydrogen-bond donors (Lipinski definition) is 0. The first-order valence-electron chi connectivity index (χ1n) is 4.05. The molecule has 0 aromatic heterocycles. The topological polar surface area (TPSA) is 17.1 Å². The molecule has 1 aliphatic carbocycles. The maximum Gasteiger partial charge on any atom is 0.202 e. The molecule has 67 valence electrons. The molecular formula is C10H7BrFO. The van der Waals surface area contributed by atoms with Crippen LogP contribution in [-0.4, -0.2) is 6.29 Å². The maximum absolute atomic E-state index is 13.3. The fourth-order valence-electron chi connectivity index (χ4n) is 1.47. The lowest BCUT2D eigenvalue weighted by Crippen LogP contribution is -1.89. The molecule has 1 saturated carbocycles. The second kappa shape index (κ2) is 3.22. The van der Waals surface area contributed by atoms with E-state index in [1.165, 1.54) is 6.07 Å². The lowest BCUT2D eigenvalue weighted by atomic mass is 10.1. The highest BCUT2D eigenvalue weighted by molar-refractivity contribution is 9.10. The Morgan fingerprint density at radius 1 is 1.54 bits per heavy atom. The fraction of sp³-hybridized carbons (Fsp3) is 0.300. The average molecular weight is 242 g/mol. The van der Waals surface area contributed by atoms with E-state index in [9.17, 15) is 9.18 Å². The van der Waals surface area contributed by atoms with Crippen LogP contribution in [0.4, 0.5) is 4.39 Å². The van der Waals surface area contributed by atoms with Gasteiger partial charge in [-0.05, 0) is 30.0 Å². The summed E-state index contributed by atoms with van der Waals surface area (Å²) in [6.07, 6.45) is 2.64. The van der Waals surface area contributed by atoms with Crippen LogP contribution in [0.1, 0.15) is 17.9 Å². The molecule has 2 unspecified atom stereocenters. The summed E-state index contributed by atoms with van der Waals surface area (Å²) in [6.45, 7) is 0. The van der Waals surface area contributed by atoms with Gasteiger partial charge in [0.1, 0.15) is 5.82 Å². The summed E-state index contributed by atoms with van der Waals surface area (Å²) < 4.78 is 14.0. The van der Waals surface area contributed by atoms with Crippen molar-refractivity contribution in [1.29, 1.82) is 0 Å². The third kappa shape index (κ3) is 1.66. The molecule has 2 atom stereocenters. The van der Waals surface area contributed by atoms with Crippen molar-refractivity contribution < 1.29 is 9.18 Å². The average Bonchev–Trinajstić information content (AvgIpc) is 2.83.